The molecule has 1 aliphatic heterocycles. The van der Waals surface area contributed by atoms with Crippen molar-refractivity contribution in [2.45, 2.75) is 38.3 Å². The second-order valence-corrected chi connectivity index (χ2v) is 8.27. The van der Waals surface area contributed by atoms with E-state index in [4.69, 9.17) is 8.83 Å². The minimum atomic E-state index is -3.17. The Morgan fingerprint density at radius 3 is 2.65 bits per heavy atom. The number of alkyl halides is 2. The number of halogens is 4. The molecule has 1 aliphatic rings. The lowest BCUT2D eigenvalue weighted by Gasteiger charge is -2.32. The van der Waals surface area contributed by atoms with E-state index in [-0.39, 0.29) is 30.1 Å². The second kappa shape index (κ2) is 7.65. The van der Waals surface area contributed by atoms with Crippen LogP contribution in [0.25, 0.3) is 11.1 Å². The highest BCUT2D eigenvalue weighted by Crippen LogP contribution is 2.38. The molecule has 4 aromatic rings. The molecule has 5 rings (SSSR count). The number of imidazole rings is 1. The number of rotatable bonds is 4. The molecule has 2 N–H and O–H groups in total. The molecule has 13 heteroatoms. The number of H-pyrrole nitrogens is 1. The van der Waals surface area contributed by atoms with E-state index in [1.54, 1.807) is 0 Å². The number of carbonyl (C=O) groups excluding carboxylic acids is 1. The predicted molar refractivity (Wildman–Crippen MR) is 106 cm³/mol. The number of aromatic nitrogens is 4. The van der Waals surface area contributed by atoms with Crippen LogP contribution >= 0.6 is 0 Å². The molecular weight excluding hydrogens is 462 g/mol. The molecule has 0 bridgehead atoms. The molecule has 0 aliphatic carbocycles. The maximum absolute atomic E-state index is 14.2. The van der Waals surface area contributed by atoms with Crippen molar-refractivity contribution in [2.75, 3.05) is 6.54 Å². The van der Waals surface area contributed by atoms with Crippen LogP contribution in [-0.2, 0) is 12.0 Å². The number of aliphatic hydroxyl groups is 1. The van der Waals surface area contributed by atoms with Crippen LogP contribution in [0, 0.1) is 11.6 Å². The third-order valence-corrected chi connectivity index (χ3v) is 5.46. The van der Waals surface area contributed by atoms with E-state index >= 15 is 0 Å². The fraction of sp³-hybridized carbons (Fsp3) is 0.333. The van der Waals surface area contributed by atoms with Gasteiger partial charge in [0.15, 0.2) is 29.0 Å². The van der Waals surface area contributed by atoms with Gasteiger partial charge < -0.3 is 23.8 Å². The van der Waals surface area contributed by atoms with Crippen LogP contribution in [0.5, 0.6) is 0 Å². The van der Waals surface area contributed by atoms with Gasteiger partial charge in [0.1, 0.15) is 11.1 Å². The van der Waals surface area contributed by atoms with Gasteiger partial charge in [-0.05, 0) is 26.0 Å². The van der Waals surface area contributed by atoms with Gasteiger partial charge in [0, 0.05) is 18.7 Å². The second-order valence-electron chi connectivity index (χ2n) is 8.27. The van der Waals surface area contributed by atoms with Crippen molar-refractivity contribution in [3.05, 3.63) is 64.7 Å². The summed E-state index contributed by atoms with van der Waals surface area (Å²) in [5, 5.41) is 10.1. The maximum Gasteiger partial charge on any atom is 0.292 e. The number of nitrogens with zero attached hydrogens (tertiary/aromatic N) is 4. The molecule has 0 saturated carbocycles. The summed E-state index contributed by atoms with van der Waals surface area (Å²) < 4.78 is 66.6. The smallest absolute Gasteiger partial charge is 0.292 e. The fourth-order valence-corrected chi connectivity index (χ4v) is 3.85. The zero-order chi connectivity index (χ0) is 24.4. The molecule has 1 atom stereocenters. The van der Waals surface area contributed by atoms with Gasteiger partial charge in [-0.15, -0.1) is 0 Å². The Labute approximate surface area is 188 Å². The zero-order valence-corrected chi connectivity index (χ0v) is 17.8. The van der Waals surface area contributed by atoms with Crippen molar-refractivity contribution >= 4 is 17.0 Å². The third-order valence-electron chi connectivity index (χ3n) is 5.46. The molecule has 3 aromatic heterocycles. The van der Waals surface area contributed by atoms with Crippen LogP contribution < -0.4 is 0 Å². The summed E-state index contributed by atoms with van der Waals surface area (Å²) in [6.07, 6.45) is -1.53. The quantitative estimate of drug-likeness (QED) is 0.428. The summed E-state index contributed by atoms with van der Waals surface area (Å²) in [6.45, 7) is 2.52. The van der Waals surface area contributed by atoms with E-state index in [0.29, 0.717) is 5.69 Å². The molecule has 0 unspecified atom stereocenters. The highest BCUT2D eigenvalue weighted by Gasteiger charge is 2.42. The molecule has 1 aromatic carbocycles. The largest absolute Gasteiger partial charge is 0.435 e. The zero-order valence-electron chi connectivity index (χ0n) is 17.8. The highest BCUT2D eigenvalue weighted by molar-refractivity contribution is 5.93. The lowest BCUT2D eigenvalue weighted by atomic mass is 10.0. The lowest BCUT2D eigenvalue weighted by molar-refractivity contribution is 0.0436. The molecule has 0 fully saturated rings. The molecule has 1 amide bonds. The molecule has 178 valence electrons. The SMILES string of the molecule is CC(C)(O)c1nc(C(F)F)c(C(=O)N2CCc3[nH]cnc3[C@H]2c2nc3c(F)ccc(F)c3o2)o1. The van der Waals surface area contributed by atoms with Gasteiger partial charge in [0.2, 0.25) is 17.5 Å². The Morgan fingerprint density at radius 2 is 1.97 bits per heavy atom. The number of nitrogens with one attached hydrogen (secondary N) is 1. The van der Waals surface area contributed by atoms with Crippen molar-refractivity contribution in [3.63, 3.8) is 0 Å². The first kappa shape index (κ1) is 22.1. The van der Waals surface area contributed by atoms with E-state index in [2.05, 4.69) is 19.9 Å². The maximum atomic E-state index is 14.2. The normalized spacial score (nSPS) is 16.5. The first-order valence-corrected chi connectivity index (χ1v) is 10.2. The van der Waals surface area contributed by atoms with E-state index in [9.17, 15) is 27.5 Å². The number of aromatic amines is 1. The average Bonchev–Trinajstić information content (AvgIpc) is 3.52. The topological polar surface area (TPSA) is 121 Å². The van der Waals surface area contributed by atoms with E-state index < -0.39 is 58.5 Å². The molecule has 4 heterocycles. The van der Waals surface area contributed by atoms with E-state index in [1.165, 1.54) is 20.2 Å². The van der Waals surface area contributed by atoms with Crippen LogP contribution in [-0.4, -0.2) is 42.4 Å². The van der Waals surface area contributed by atoms with Gasteiger partial charge in [-0.2, -0.15) is 0 Å². The van der Waals surface area contributed by atoms with Crippen LogP contribution in [0.3, 0.4) is 0 Å². The Morgan fingerprint density at radius 1 is 1.24 bits per heavy atom. The molecule has 0 saturated heterocycles. The molecule has 0 radical (unpaired) electrons. The van der Waals surface area contributed by atoms with Gasteiger partial charge in [-0.25, -0.2) is 32.5 Å². The molecular formula is C21H17F4N5O4. The van der Waals surface area contributed by atoms with Gasteiger partial charge in [0.25, 0.3) is 12.3 Å². The number of oxazole rings is 2. The van der Waals surface area contributed by atoms with Crippen molar-refractivity contribution in [1.29, 1.82) is 0 Å². The monoisotopic (exact) mass is 479 g/mol. The average molecular weight is 479 g/mol. The Hall–Kier alpha value is -3.74. The van der Waals surface area contributed by atoms with Gasteiger partial charge in [-0.3, -0.25) is 4.79 Å². The lowest BCUT2D eigenvalue weighted by Crippen LogP contribution is -2.41. The third kappa shape index (κ3) is 3.43. The van der Waals surface area contributed by atoms with E-state index in [0.717, 1.165) is 17.0 Å². The van der Waals surface area contributed by atoms with Crippen molar-refractivity contribution in [3.8, 4) is 0 Å². The Bertz CT molecular complexity index is 1370. The minimum absolute atomic E-state index is 0.0103. The van der Waals surface area contributed by atoms with Crippen LogP contribution in [0.2, 0.25) is 0 Å². The van der Waals surface area contributed by atoms with E-state index in [1.807, 2.05) is 0 Å². The summed E-state index contributed by atoms with van der Waals surface area (Å²) in [7, 11) is 0. The van der Waals surface area contributed by atoms with Crippen LogP contribution in [0.1, 0.15) is 65.7 Å². The van der Waals surface area contributed by atoms with Crippen molar-refractivity contribution in [2.24, 2.45) is 0 Å². The van der Waals surface area contributed by atoms with Gasteiger partial charge >= 0.3 is 0 Å². The highest BCUT2D eigenvalue weighted by atomic mass is 19.3. The standard InChI is InChI=1S/C21H17F4N5O4/c1-21(2,32)20-29-13(17(24)25)16(34-20)19(31)30-6-5-10-12(27-7-26-10)14(30)18-28-11-8(22)3-4-9(23)15(11)33-18/h3-4,7,14,17,32H,5-6H2,1-2H3,(H,26,27)/t14-/m0/s1. The summed E-state index contributed by atoms with van der Waals surface area (Å²) in [6, 6.07) is 0.558. The number of hydrogen-bond donors (Lipinski definition) is 2. The minimum Gasteiger partial charge on any atom is -0.435 e. The fourth-order valence-electron chi connectivity index (χ4n) is 3.85. The number of hydrogen-bond acceptors (Lipinski definition) is 7. The summed E-state index contributed by atoms with van der Waals surface area (Å²) in [4.78, 5) is 29.3. The number of benzene rings is 1. The number of carbonyl (C=O) groups is 1. The Kier molecular flexibility index (Phi) is 4.97. The number of fused-ring (bicyclic) bond motifs is 2. The van der Waals surface area contributed by atoms with Gasteiger partial charge in [0.05, 0.1) is 12.0 Å². The van der Waals surface area contributed by atoms with Crippen LogP contribution in [0.15, 0.2) is 27.3 Å². The molecule has 9 nitrogen and oxygen atoms in total. The van der Waals surface area contributed by atoms with Crippen molar-refractivity contribution < 1.29 is 36.3 Å². The molecule has 34 heavy (non-hydrogen) atoms. The first-order valence-electron chi connectivity index (χ1n) is 10.2. The first-order chi connectivity index (χ1) is 16.1. The predicted octanol–water partition coefficient (Wildman–Crippen LogP) is 3.77. The summed E-state index contributed by atoms with van der Waals surface area (Å²) in [5.74, 6) is -4.21. The van der Waals surface area contributed by atoms with Crippen molar-refractivity contribution in [1.82, 2.24) is 24.8 Å². The summed E-state index contributed by atoms with van der Waals surface area (Å²) in [5.41, 5.74) is -2.63. The summed E-state index contributed by atoms with van der Waals surface area (Å²) >= 11 is 0. The Balaban J connectivity index is 1.65. The number of amides is 1. The van der Waals surface area contributed by atoms with Gasteiger partial charge in [-0.1, -0.05) is 0 Å². The molecule has 0 spiro atoms. The van der Waals surface area contributed by atoms with Crippen LogP contribution in [0.4, 0.5) is 17.6 Å².